The van der Waals surface area contributed by atoms with Gasteiger partial charge in [0.2, 0.25) is 5.91 Å². The van der Waals surface area contributed by atoms with Crippen molar-refractivity contribution >= 4 is 12.0 Å². The number of nitrogens with one attached hydrogen (secondary N) is 2. The van der Waals surface area contributed by atoms with E-state index >= 15 is 0 Å². The summed E-state index contributed by atoms with van der Waals surface area (Å²) in [5, 5.41) is 2.70. The van der Waals surface area contributed by atoms with E-state index in [1.165, 1.54) is 0 Å². The Labute approximate surface area is 102 Å². The third kappa shape index (κ3) is 11.0. The molecule has 6 heteroatoms. The van der Waals surface area contributed by atoms with Gasteiger partial charge in [0.1, 0.15) is 0 Å². The molecule has 0 fully saturated rings. The molecule has 0 spiro atoms. The van der Waals surface area contributed by atoms with Gasteiger partial charge < -0.3 is 10.1 Å². The molecule has 6 nitrogen and oxygen atoms in total. The van der Waals surface area contributed by atoms with E-state index in [2.05, 4.69) is 10.7 Å². The minimum atomic E-state index is -0.405. The van der Waals surface area contributed by atoms with Gasteiger partial charge in [-0.25, -0.2) is 10.6 Å². The van der Waals surface area contributed by atoms with Crippen molar-refractivity contribution in [3.05, 3.63) is 0 Å². The number of carbonyl (C=O) groups is 2. The maximum Gasteiger partial charge on any atom is 0.407 e. The number of ether oxygens (including phenoxy) is 1. The Kier molecular flexibility index (Phi) is 7.29. The summed E-state index contributed by atoms with van der Waals surface area (Å²) in [5.41, 5.74) is 1.78. The molecule has 2 amide bonds. The Morgan fingerprint density at radius 1 is 1.18 bits per heavy atom. The molecule has 100 valence electrons. The molecule has 17 heavy (non-hydrogen) atoms. The van der Waals surface area contributed by atoms with E-state index in [0.29, 0.717) is 13.0 Å². The number of hydrogen-bond donors (Lipinski definition) is 3. The Morgan fingerprint density at radius 3 is 2.35 bits per heavy atom. The van der Waals surface area contributed by atoms with E-state index in [1.54, 1.807) is 0 Å². The number of unbranched alkanes of at least 4 members (excludes halogenated alkanes) is 2. The molecule has 0 radical (unpaired) electrons. The van der Waals surface area contributed by atoms with Crippen molar-refractivity contribution in [1.29, 1.82) is 0 Å². The average molecular weight is 245 g/mol. The molecular formula is C11H23N3O3. The summed E-state index contributed by atoms with van der Waals surface area (Å²) in [6, 6.07) is 0. The molecule has 0 aromatic rings. The van der Waals surface area contributed by atoms with Crippen LogP contribution in [-0.2, 0) is 9.53 Å². The van der Waals surface area contributed by atoms with Crippen molar-refractivity contribution < 1.29 is 14.3 Å². The Bertz CT molecular complexity index is 249. The molecule has 0 aliphatic heterocycles. The number of nitrogens with two attached hydrogens (primary N) is 1. The SMILES string of the molecule is CC(C)(C)NC(=O)OCCCCCC(=O)NN. The lowest BCUT2D eigenvalue weighted by Gasteiger charge is -2.19. The second-order valence-electron chi connectivity index (χ2n) is 4.89. The van der Waals surface area contributed by atoms with E-state index < -0.39 is 6.09 Å². The zero-order valence-electron chi connectivity index (χ0n) is 10.8. The van der Waals surface area contributed by atoms with Gasteiger partial charge in [-0.3, -0.25) is 10.2 Å². The summed E-state index contributed by atoms with van der Waals surface area (Å²) in [6.45, 7) is 6.03. The number of carbonyl (C=O) groups excluding carboxylic acids is 2. The predicted octanol–water partition coefficient (Wildman–Crippen LogP) is 1.06. The lowest BCUT2D eigenvalue weighted by Crippen LogP contribution is -2.41. The van der Waals surface area contributed by atoms with Crippen LogP contribution in [-0.4, -0.2) is 24.1 Å². The fraction of sp³-hybridized carbons (Fsp3) is 0.818. The van der Waals surface area contributed by atoms with Crippen LogP contribution in [0.3, 0.4) is 0 Å². The molecule has 0 saturated carbocycles. The predicted molar refractivity (Wildman–Crippen MR) is 65.0 cm³/mol. The van der Waals surface area contributed by atoms with E-state index in [0.717, 1.165) is 19.3 Å². The van der Waals surface area contributed by atoms with Crippen LogP contribution in [0.2, 0.25) is 0 Å². The largest absolute Gasteiger partial charge is 0.450 e. The van der Waals surface area contributed by atoms with Crippen molar-refractivity contribution in [3.63, 3.8) is 0 Å². The van der Waals surface area contributed by atoms with Crippen LogP contribution in [0.4, 0.5) is 4.79 Å². The van der Waals surface area contributed by atoms with Crippen LogP contribution in [0.1, 0.15) is 46.5 Å². The first-order chi connectivity index (χ1) is 7.85. The molecular weight excluding hydrogens is 222 g/mol. The Morgan fingerprint density at radius 2 is 1.82 bits per heavy atom. The van der Waals surface area contributed by atoms with Crippen LogP contribution >= 0.6 is 0 Å². The fourth-order valence-corrected chi connectivity index (χ4v) is 1.14. The zero-order valence-corrected chi connectivity index (χ0v) is 10.8. The van der Waals surface area contributed by atoms with Gasteiger partial charge in [-0.2, -0.15) is 0 Å². The van der Waals surface area contributed by atoms with Crippen LogP contribution in [0.15, 0.2) is 0 Å². The number of amides is 2. The van der Waals surface area contributed by atoms with Crippen molar-refractivity contribution in [1.82, 2.24) is 10.7 Å². The first-order valence-electron chi connectivity index (χ1n) is 5.79. The molecule has 0 aliphatic carbocycles. The summed E-state index contributed by atoms with van der Waals surface area (Å²) in [6.07, 6.45) is 2.32. The number of alkyl carbamates (subject to hydrolysis) is 1. The summed E-state index contributed by atoms with van der Waals surface area (Å²) < 4.78 is 4.98. The summed E-state index contributed by atoms with van der Waals surface area (Å²) in [5.74, 6) is 4.76. The van der Waals surface area contributed by atoms with Crippen molar-refractivity contribution in [2.24, 2.45) is 5.84 Å². The smallest absolute Gasteiger partial charge is 0.407 e. The van der Waals surface area contributed by atoms with Crippen molar-refractivity contribution in [2.75, 3.05) is 6.61 Å². The third-order valence-corrected chi connectivity index (χ3v) is 1.92. The Balaban J connectivity index is 3.40. The number of rotatable bonds is 6. The highest BCUT2D eigenvalue weighted by Crippen LogP contribution is 2.02. The molecule has 0 atom stereocenters. The van der Waals surface area contributed by atoms with E-state index in [4.69, 9.17) is 10.6 Å². The zero-order chi connectivity index (χ0) is 13.3. The maximum absolute atomic E-state index is 11.2. The second kappa shape index (κ2) is 7.89. The molecule has 4 N–H and O–H groups in total. The van der Waals surface area contributed by atoms with Crippen molar-refractivity contribution in [3.8, 4) is 0 Å². The summed E-state index contributed by atoms with van der Waals surface area (Å²) in [4.78, 5) is 22.0. The first-order valence-corrected chi connectivity index (χ1v) is 5.79. The summed E-state index contributed by atoms with van der Waals surface area (Å²) in [7, 11) is 0. The quantitative estimate of drug-likeness (QED) is 0.282. The van der Waals surface area contributed by atoms with Gasteiger partial charge in [0, 0.05) is 12.0 Å². The van der Waals surface area contributed by atoms with E-state index in [9.17, 15) is 9.59 Å². The van der Waals surface area contributed by atoms with Gasteiger partial charge in [-0.05, 0) is 40.0 Å². The van der Waals surface area contributed by atoms with Crippen LogP contribution in [0.5, 0.6) is 0 Å². The molecule has 0 aromatic heterocycles. The first kappa shape index (κ1) is 15.7. The highest BCUT2D eigenvalue weighted by molar-refractivity contribution is 5.75. The monoisotopic (exact) mass is 245 g/mol. The highest BCUT2D eigenvalue weighted by Gasteiger charge is 2.13. The van der Waals surface area contributed by atoms with Gasteiger partial charge in [-0.1, -0.05) is 0 Å². The van der Waals surface area contributed by atoms with Crippen LogP contribution < -0.4 is 16.6 Å². The van der Waals surface area contributed by atoms with E-state index in [1.807, 2.05) is 20.8 Å². The normalized spacial score (nSPS) is 10.8. The fourth-order valence-electron chi connectivity index (χ4n) is 1.14. The highest BCUT2D eigenvalue weighted by atomic mass is 16.5. The Hall–Kier alpha value is -1.30. The van der Waals surface area contributed by atoms with Gasteiger partial charge in [0.15, 0.2) is 0 Å². The molecule has 0 saturated heterocycles. The van der Waals surface area contributed by atoms with Gasteiger partial charge in [-0.15, -0.1) is 0 Å². The molecule has 0 heterocycles. The lowest BCUT2D eigenvalue weighted by molar-refractivity contribution is -0.121. The minimum Gasteiger partial charge on any atom is -0.450 e. The molecule has 0 rings (SSSR count). The maximum atomic E-state index is 11.2. The summed E-state index contributed by atoms with van der Waals surface area (Å²) >= 11 is 0. The minimum absolute atomic E-state index is 0.170. The molecule has 0 bridgehead atoms. The van der Waals surface area contributed by atoms with Gasteiger partial charge in [0.05, 0.1) is 6.61 Å². The van der Waals surface area contributed by atoms with Crippen molar-refractivity contribution in [2.45, 2.75) is 52.0 Å². The number of hydrogen-bond acceptors (Lipinski definition) is 4. The topological polar surface area (TPSA) is 93.4 Å². The van der Waals surface area contributed by atoms with Gasteiger partial charge >= 0.3 is 6.09 Å². The second-order valence-corrected chi connectivity index (χ2v) is 4.89. The lowest BCUT2D eigenvalue weighted by atomic mass is 10.1. The average Bonchev–Trinajstić information content (AvgIpc) is 2.20. The molecule has 0 aromatic carbocycles. The molecule has 0 unspecified atom stereocenters. The van der Waals surface area contributed by atoms with E-state index in [-0.39, 0.29) is 11.4 Å². The van der Waals surface area contributed by atoms with Crippen LogP contribution in [0, 0.1) is 0 Å². The number of hydrazine groups is 1. The standard InChI is InChI=1S/C11H23N3O3/c1-11(2,3)13-10(16)17-8-6-4-5-7-9(15)14-12/h4-8,12H2,1-3H3,(H,13,16)(H,14,15). The molecule has 0 aliphatic rings. The van der Waals surface area contributed by atoms with Crippen LogP contribution in [0.25, 0.3) is 0 Å². The third-order valence-electron chi connectivity index (χ3n) is 1.92. The van der Waals surface area contributed by atoms with Gasteiger partial charge in [0.25, 0.3) is 0 Å².